The van der Waals surface area contributed by atoms with Crippen LogP contribution in [-0.4, -0.2) is 19.6 Å². The normalized spacial score (nSPS) is 11.2. The fourth-order valence-electron chi connectivity index (χ4n) is 2.78. The Kier molecular flexibility index (Phi) is 2.82. The van der Waals surface area contributed by atoms with Crippen LogP contribution in [0.3, 0.4) is 0 Å². The highest BCUT2D eigenvalue weighted by Crippen LogP contribution is 2.33. The van der Waals surface area contributed by atoms with Gasteiger partial charge in [0.2, 0.25) is 0 Å². The first-order valence-electron chi connectivity index (χ1n) is 6.73. The minimum atomic E-state index is 0.629. The Morgan fingerprint density at radius 1 is 0.800 bits per heavy atom. The lowest BCUT2D eigenvalue weighted by Crippen LogP contribution is -2.01. The SMILES string of the molecule is Cc1c(C)c(C)c(-c2cnc3ncnn3c2)c(C)c1C. The van der Waals surface area contributed by atoms with Gasteiger partial charge in [0.05, 0.1) is 0 Å². The maximum absolute atomic E-state index is 4.37. The van der Waals surface area contributed by atoms with Crippen LogP contribution in [0, 0.1) is 34.6 Å². The van der Waals surface area contributed by atoms with Crippen molar-refractivity contribution in [3.05, 3.63) is 46.5 Å². The molecule has 0 N–H and O–H groups in total. The fourth-order valence-corrected chi connectivity index (χ4v) is 2.78. The molecule has 0 saturated carbocycles. The lowest BCUT2D eigenvalue weighted by molar-refractivity contribution is 0.940. The highest BCUT2D eigenvalue weighted by molar-refractivity contribution is 5.74. The lowest BCUT2D eigenvalue weighted by atomic mass is 9.87. The quantitative estimate of drug-likeness (QED) is 0.678. The zero-order valence-electron chi connectivity index (χ0n) is 12.5. The highest BCUT2D eigenvalue weighted by atomic mass is 15.3. The molecular formula is C16H18N4. The minimum Gasteiger partial charge on any atom is -0.219 e. The van der Waals surface area contributed by atoms with E-state index in [1.165, 1.54) is 39.7 Å². The van der Waals surface area contributed by atoms with Crippen molar-refractivity contribution in [2.75, 3.05) is 0 Å². The van der Waals surface area contributed by atoms with Gasteiger partial charge >= 0.3 is 0 Å². The van der Waals surface area contributed by atoms with Gasteiger partial charge in [-0.1, -0.05) is 0 Å². The van der Waals surface area contributed by atoms with Gasteiger partial charge in [-0.15, -0.1) is 0 Å². The van der Waals surface area contributed by atoms with Crippen LogP contribution >= 0.6 is 0 Å². The Labute approximate surface area is 118 Å². The molecule has 20 heavy (non-hydrogen) atoms. The van der Waals surface area contributed by atoms with Gasteiger partial charge in [-0.2, -0.15) is 10.1 Å². The Balaban J connectivity index is 2.33. The van der Waals surface area contributed by atoms with E-state index in [4.69, 9.17) is 0 Å². The zero-order valence-corrected chi connectivity index (χ0v) is 12.5. The van der Waals surface area contributed by atoms with Crippen LogP contribution in [0.4, 0.5) is 0 Å². The van der Waals surface area contributed by atoms with E-state index in [9.17, 15) is 0 Å². The predicted octanol–water partition coefficient (Wildman–Crippen LogP) is 3.33. The van der Waals surface area contributed by atoms with Crippen molar-refractivity contribution < 1.29 is 0 Å². The molecule has 0 aliphatic rings. The Morgan fingerprint density at radius 3 is 2.05 bits per heavy atom. The van der Waals surface area contributed by atoms with E-state index >= 15 is 0 Å². The second kappa shape index (κ2) is 4.40. The predicted molar refractivity (Wildman–Crippen MR) is 79.9 cm³/mol. The van der Waals surface area contributed by atoms with Crippen LogP contribution in [0.1, 0.15) is 27.8 Å². The molecule has 0 atom stereocenters. The van der Waals surface area contributed by atoms with Crippen molar-refractivity contribution in [1.29, 1.82) is 0 Å². The molecule has 3 rings (SSSR count). The molecule has 3 aromatic rings. The Hall–Kier alpha value is -2.23. The van der Waals surface area contributed by atoms with Crippen LogP contribution in [0.2, 0.25) is 0 Å². The van der Waals surface area contributed by atoms with E-state index < -0.39 is 0 Å². The van der Waals surface area contributed by atoms with Gasteiger partial charge in [-0.05, 0) is 68.0 Å². The van der Waals surface area contributed by atoms with Gasteiger partial charge in [0.1, 0.15) is 6.33 Å². The number of aromatic nitrogens is 4. The van der Waals surface area contributed by atoms with Crippen LogP contribution in [0.15, 0.2) is 18.7 Å². The maximum Gasteiger partial charge on any atom is 0.252 e. The Bertz CT molecular complexity index is 786. The van der Waals surface area contributed by atoms with Crippen molar-refractivity contribution in [2.24, 2.45) is 0 Å². The van der Waals surface area contributed by atoms with Crippen LogP contribution < -0.4 is 0 Å². The molecule has 0 aliphatic carbocycles. The summed E-state index contributed by atoms with van der Waals surface area (Å²) in [7, 11) is 0. The fraction of sp³-hybridized carbons (Fsp3) is 0.312. The summed E-state index contributed by atoms with van der Waals surface area (Å²) in [5.74, 6) is 0.629. The van der Waals surface area contributed by atoms with Crippen LogP contribution in [-0.2, 0) is 0 Å². The van der Waals surface area contributed by atoms with Crippen molar-refractivity contribution in [2.45, 2.75) is 34.6 Å². The first kappa shape index (κ1) is 12.8. The standard InChI is InChI=1S/C16H18N4/c1-9-10(2)12(4)15(13(5)11(9)3)14-6-17-16-18-8-19-20(16)7-14/h6-8H,1-5H3. The van der Waals surface area contributed by atoms with Crippen molar-refractivity contribution in [3.63, 3.8) is 0 Å². The molecule has 0 saturated heterocycles. The average Bonchev–Trinajstić information content (AvgIpc) is 2.91. The van der Waals surface area contributed by atoms with Crippen molar-refractivity contribution in [3.8, 4) is 11.1 Å². The largest absolute Gasteiger partial charge is 0.252 e. The molecule has 2 heterocycles. The van der Waals surface area contributed by atoms with Gasteiger partial charge < -0.3 is 0 Å². The third kappa shape index (κ3) is 1.72. The maximum atomic E-state index is 4.37. The summed E-state index contributed by atoms with van der Waals surface area (Å²) in [6.45, 7) is 10.9. The number of rotatable bonds is 1. The molecule has 102 valence electrons. The number of hydrogen-bond acceptors (Lipinski definition) is 3. The Morgan fingerprint density at radius 2 is 1.40 bits per heavy atom. The second-order valence-corrected chi connectivity index (χ2v) is 5.35. The first-order chi connectivity index (χ1) is 9.50. The third-order valence-corrected chi connectivity index (χ3v) is 4.42. The topological polar surface area (TPSA) is 43.1 Å². The molecular weight excluding hydrogens is 248 g/mol. The monoisotopic (exact) mass is 266 g/mol. The van der Waals surface area contributed by atoms with E-state index in [1.54, 1.807) is 4.52 Å². The van der Waals surface area contributed by atoms with Gasteiger partial charge in [0.15, 0.2) is 0 Å². The molecule has 4 nitrogen and oxygen atoms in total. The molecule has 0 radical (unpaired) electrons. The third-order valence-electron chi connectivity index (χ3n) is 4.42. The molecule has 0 aliphatic heterocycles. The highest BCUT2D eigenvalue weighted by Gasteiger charge is 2.14. The molecule has 0 spiro atoms. The van der Waals surface area contributed by atoms with Crippen molar-refractivity contribution >= 4 is 5.78 Å². The van der Waals surface area contributed by atoms with Crippen LogP contribution in [0.5, 0.6) is 0 Å². The summed E-state index contributed by atoms with van der Waals surface area (Å²) in [6.07, 6.45) is 5.41. The number of benzene rings is 1. The minimum absolute atomic E-state index is 0.629. The second-order valence-electron chi connectivity index (χ2n) is 5.35. The molecule has 0 unspecified atom stereocenters. The van der Waals surface area contributed by atoms with E-state index in [-0.39, 0.29) is 0 Å². The van der Waals surface area contributed by atoms with Gasteiger partial charge in [-0.3, -0.25) is 0 Å². The van der Waals surface area contributed by atoms with Gasteiger partial charge in [0.25, 0.3) is 5.78 Å². The van der Waals surface area contributed by atoms with E-state index in [2.05, 4.69) is 49.7 Å². The van der Waals surface area contributed by atoms with E-state index in [0.29, 0.717) is 5.78 Å². The zero-order chi connectivity index (χ0) is 14.4. The number of hydrogen-bond donors (Lipinski definition) is 0. The smallest absolute Gasteiger partial charge is 0.219 e. The molecule has 0 fully saturated rings. The van der Waals surface area contributed by atoms with E-state index in [1.807, 2.05) is 12.4 Å². The van der Waals surface area contributed by atoms with Gasteiger partial charge in [-0.25, -0.2) is 9.50 Å². The number of fused-ring (bicyclic) bond motifs is 1. The van der Waals surface area contributed by atoms with Crippen LogP contribution in [0.25, 0.3) is 16.9 Å². The van der Waals surface area contributed by atoms with E-state index in [0.717, 1.165) is 5.56 Å². The number of nitrogens with zero attached hydrogens (tertiary/aromatic N) is 4. The molecule has 1 aromatic carbocycles. The van der Waals surface area contributed by atoms with Gasteiger partial charge in [0, 0.05) is 18.0 Å². The first-order valence-corrected chi connectivity index (χ1v) is 6.73. The summed E-state index contributed by atoms with van der Waals surface area (Å²) in [5, 5.41) is 4.17. The molecule has 0 amide bonds. The summed E-state index contributed by atoms with van der Waals surface area (Å²) < 4.78 is 1.72. The molecule has 2 aromatic heterocycles. The summed E-state index contributed by atoms with van der Waals surface area (Å²) >= 11 is 0. The molecule has 4 heteroatoms. The summed E-state index contributed by atoms with van der Waals surface area (Å²) in [4.78, 5) is 8.46. The summed E-state index contributed by atoms with van der Waals surface area (Å²) in [6, 6.07) is 0. The lowest BCUT2D eigenvalue weighted by Gasteiger charge is -2.18. The molecule has 0 bridgehead atoms. The van der Waals surface area contributed by atoms with Crippen molar-refractivity contribution in [1.82, 2.24) is 19.6 Å². The average molecular weight is 266 g/mol. The summed E-state index contributed by atoms with van der Waals surface area (Å²) in [5.41, 5.74) is 9.04.